The number of nitrogens with zero attached hydrogens (tertiary/aromatic N) is 1. The third-order valence-corrected chi connectivity index (χ3v) is 4.02. The molecule has 1 aliphatic rings. The maximum Gasteiger partial charge on any atom is 0.357 e. The van der Waals surface area contributed by atoms with Crippen LogP contribution in [-0.2, 0) is 4.74 Å². The fourth-order valence-electron chi connectivity index (χ4n) is 1.65. The van der Waals surface area contributed by atoms with Gasteiger partial charge in [-0.3, -0.25) is 0 Å². The maximum atomic E-state index is 11.2. The van der Waals surface area contributed by atoms with Crippen molar-refractivity contribution < 1.29 is 9.53 Å². The second kappa shape index (κ2) is 4.41. The molecule has 1 aromatic heterocycles. The van der Waals surface area contributed by atoms with Crippen LogP contribution in [0.25, 0.3) is 0 Å². The summed E-state index contributed by atoms with van der Waals surface area (Å²) >= 11 is 1.45. The first kappa shape index (κ1) is 11.4. The standard InChI is InChI=1S/C11H16N2O2S/c1-3-11(4-5-11)7-12-10-13-8(6-16-10)9(14)15-2/h6H,3-5,7H2,1-2H3,(H,12,13). The molecule has 5 heteroatoms. The predicted molar refractivity (Wildman–Crippen MR) is 63.9 cm³/mol. The molecular weight excluding hydrogens is 224 g/mol. The molecule has 0 radical (unpaired) electrons. The lowest BCUT2D eigenvalue weighted by Crippen LogP contribution is -2.14. The van der Waals surface area contributed by atoms with Crippen LogP contribution in [0.15, 0.2) is 5.38 Å². The minimum atomic E-state index is -0.374. The summed E-state index contributed by atoms with van der Waals surface area (Å²) in [4.78, 5) is 15.4. The zero-order chi connectivity index (χ0) is 11.6. The number of methoxy groups -OCH3 is 1. The van der Waals surface area contributed by atoms with Crippen LogP contribution in [0, 0.1) is 5.41 Å². The van der Waals surface area contributed by atoms with Gasteiger partial charge in [0.25, 0.3) is 0 Å². The Morgan fingerprint density at radius 3 is 3.00 bits per heavy atom. The summed E-state index contributed by atoms with van der Waals surface area (Å²) in [6.07, 6.45) is 3.80. The predicted octanol–water partition coefficient (Wildman–Crippen LogP) is 2.53. The van der Waals surface area contributed by atoms with Gasteiger partial charge in [0.15, 0.2) is 10.8 Å². The molecule has 1 aliphatic carbocycles. The molecule has 0 unspecified atom stereocenters. The molecule has 1 aromatic rings. The van der Waals surface area contributed by atoms with Crippen LogP contribution >= 0.6 is 11.3 Å². The van der Waals surface area contributed by atoms with Gasteiger partial charge in [-0.1, -0.05) is 6.92 Å². The Bertz CT molecular complexity index is 385. The number of esters is 1. The van der Waals surface area contributed by atoms with E-state index in [2.05, 4.69) is 22.0 Å². The van der Waals surface area contributed by atoms with Gasteiger partial charge in [-0.2, -0.15) is 0 Å². The summed E-state index contributed by atoms with van der Waals surface area (Å²) in [7, 11) is 1.37. The molecule has 4 nitrogen and oxygen atoms in total. The summed E-state index contributed by atoms with van der Waals surface area (Å²) in [5, 5.41) is 5.82. The summed E-state index contributed by atoms with van der Waals surface area (Å²) in [5.41, 5.74) is 0.869. The molecule has 0 spiro atoms. The summed E-state index contributed by atoms with van der Waals surface area (Å²) in [6, 6.07) is 0. The molecule has 1 saturated carbocycles. The highest BCUT2D eigenvalue weighted by molar-refractivity contribution is 7.13. The third kappa shape index (κ3) is 2.35. The second-order valence-corrected chi connectivity index (χ2v) is 5.09. The van der Waals surface area contributed by atoms with E-state index >= 15 is 0 Å². The Morgan fingerprint density at radius 1 is 1.69 bits per heavy atom. The first-order chi connectivity index (χ1) is 7.69. The number of carbonyl (C=O) groups is 1. The SMILES string of the molecule is CCC1(CNc2nc(C(=O)OC)cs2)CC1. The van der Waals surface area contributed by atoms with Crippen LogP contribution in [0.3, 0.4) is 0 Å². The molecule has 2 rings (SSSR count). The van der Waals surface area contributed by atoms with Crippen LogP contribution in [0.2, 0.25) is 0 Å². The number of aromatic nitrogens is 1. The van der Waals surface area contributed by atoms with Crippen molar-refractivity contribution in [2.45, 2.75) is 26.2 Å². The molecule has 16 heavy (non-hydrogen) atoms. The Morgan fingerprint density at radius 2 is 2.44 bits per heavy atom. The van der Waals surface area contributed by atoms with Gasteiger partial charge in [-0.05, 0) is 24.7 Å². The average molecular weight is 240 g/mol. The highest BCUT2D eigenvalue weighted by Gasteiger charge is 2.40. The first-order valence-electron chi connectivity index (χ1n) is 5.47. The van der Waals surface area contributed by atoms with E-state index in [1.165, 1.54) is 37.7 Å². The molecule has 1 N–H and O–H groups in total. The Kier molecular flexibility index (Phi) is 3.14. The molecule has 0 saturated heterocycles. The van der Waals surface area contributed by atoms with Crippen molar-refractivity contribution in [3.8, 4) is 0 Å². The number of nitrogens with one attached hydrogen (secondary N) is 1. The number of hydrogen-bond donors (Lipinski definition) is 1. The zero-order valence-corrected chi connectivity index (χ0v) is 10.4. The fourth-order valence-corrected chi connectivity index (χ4v) is 2.33. The molecule has 0 amide bonds. The Hall–Kier alpha value is -1.10. The summed E-state index contributed by atoms with van der Waals surface area (Å²) in [6.45, 7) is 3.17. The lowest BCUT2D eigenvalue weighted by Gasteiger charge is -2.11. The molecule has 0 atom stereocenters. The van der Waals surface area contributed by atoms with Crippen LogP contribution in [0.4, 0.5) is 5.13 Å². The van der Waals surface area contributed by atoms with E-state index in [0.29, 0.717) is 11.1 Å². The van der Waals surface area contributed by atoms with E-state index < -0.39 is 0 Å². The Labute approximate surface area is 99.0 Å². The van der Waals surface area contributed by atoms with Gasteiger partial charge in [0.2, 0.25) is 0 Å². The minimum absolute atomic E-state index is 0.374. The van der Waals surface area contributed by atoms with E-state index in [1.54, 1.807) is 5.38 Å². The lowest BCUT2D eigenvalue weighted by atomic mass is 10.0. The van der Waals surface area contributed by atoms with Crippen LogP contribution in [0.5, 0.6) is 0 Å². The van der Waals surface area contributed by atoms with Gasteiger partial charge in [0, 0.05) is 11.9 Å². The fraction of sp³-hybridized carbons (Fsp3) is 0.636. The Balaban J connectivity index is 1.90. The first-order valence-corrected chi connectivity index (χ1v) is 6.35. The monoisotopic (exact) mass is 240 g/mol. The second-order valence-electron chi connectivity index (χ2n) is 4.24. The van der Waals surface area contributed by atoms with Crippen LogP contribution in [0.1, 0.15) is 36.7 Å². The molecule has 1 fully saturated rings. The van der Waals surface area contributed by atoms with Crippen molar-refractivity contribution in [1.82, 2.24) is 4.98 Å². The number of rotatable bonds is 5. The van der Waals surface area contributed by atoms with Gasteiger partial charge in [0.1, 0.15) is 0 Å². The van der Waals surface area contributed by atoms with Gasteiger partial charge in [-0.15, -0.1) is 11.3 Å². The van der Waals surface area contributed by atoms with Crippen molar-refractivity contribution in [1.29, 1.82) is 0 Å². The zero-order valence-electron chi connectivity index (χ0n) is 9.58. The van der Waals surface area contributed by atoms with Crippen molar-refractivity contribution in [2.24, 2.45) is 5.41 Å². The van der Waals surface area contributed by atoms with E-state index in [0.717, 1.165) is 11.7 Å². The van der Waals surface area contributed by atoms with Gasteiger partial charge in [0.05, 0.1) is 7.11 Å². The summed E-state index contributed by atoms with van der Waals surface area (Å²) < 4.78 is 4.61. The van der Waals surface area contributed by atoms with Crippen LogP contribution < -0.4 is 5.32 Å². The van der Waals surface area contributed by atoms with Crippen LogP contribution in [-0.4, -0.2) is 24.6 Å². The topological polar surface area (TPSA) is 51.2 Å². The number of carbonyl (C=O) groups excluding carboxylic acids is 1. The normalized spacial score (nSPS) is 16.9. The average Bonchev–Trinajstić information content (AvgIpc) is 2.95. The number of ether oxygens (including phenoxy) is 1. The number of thiazole rings is 1. The quantitative estimate of drug-likeness (QED) is 0.803. The van der Waals surface area contributed by atoms with Gasteiger partial charge < -0.3 is 10.1 Å². The minimum Gasteiger partial charge on any atom is -0.464 e. The molecule has 0 aromatic carbocycles. The highest BCUT2D eigenvalue weighted by atomic mass is 32.1. The van der Waals surface area contributed by atoms with Crippen molar-refractivity contribution in [2.75, 3.05) is 19.0 Å². The van der Waals surface area contributed by atoms with E-state index in [9.17, 15) is 4.79 Å². The maximum absolute atomic E-state index is 11.2. The van der Waals surface area contributed by atoms with Crippen molar-refractivity contribution in [3.05, 3.63) is 11.1 Å². The van der Waals surface area contributed by atoms with Gasteiger partial charge in [-0.25, -0.2) is 9.78 Å². The molecule has 0 bridgehead atoms. The highest BCUT2D eigenvalue weighted by Crippen LogP contribution is 2.48. The van der Waals surface area contributed by atoms with E-state index in [-0.39, 0.29) is 5.97 Å². The smallest absolute Gasteiger partial charge is 0.357 e. The largest absolute Gasteiger partial charge is 0.464 e. The number of anilines is 1. The lowest BCUT2D eigenvalue weighted by molar-refractivity contribution is 0.0595. The van der Waals surface area contributed by atoms with Crippen molar-refractivity contribution in [3.63, 3.8) is 0 Å². The molecular formula is C11H16N2O2S. The van der Waals surface area contributed by atoms with E-state index in [4.69, 9.17) is 0 Å². The number of hydrogen-bond acceptors (Lipinski definition) is 5. The van der Waals surface area contributed by atoms with E-state index in [1.807, 2.05) is 0 Å². The summed E-state index contributed by atoms with van der Waals surface area (Å²) in [5.74, 6) is -0.374. The van der Waals surface area contributed by atoms with Crippen molar-refractivity contribution >= 4 is 22.4 Å². The molecule has 0 aliphatic heterocycles. The molecule has 88 valence electrons. The van der Waals surface area contributed by atoms with Gasteiger partial charge >= 0.3 is 5.97 Å². The third-order valence-electron chi connectivity index (χ3n) is 3.22. The molecule has 1 heterocycles.